The molecule has 34 heavy (non-hydrogen) atoms. The standard InChI is InChI=1S/C26H30N8/c1-15-5-24(33-32-15)30-23-10-22-21(3-2-4-28-22)25(31-23)29-18-8-19-12-26(13-20(9-18)34(19)26)11-16-6-17(7-16)14-27/h2-5,10,16-20H,6-9,11-13H2,1H3,(H3,29,30,31,32,33)/t16?,17?,18?,19-,20+,26?. The van der Waals surface area contributed by atoms with Crippen LogP contribution >= 0.6 is 0 Å². The van der Waals surface area contributed by atoms with Crippen LogP contribution < -0.4 is 10.6 Å². The van der Waals surface area contributed by atoms with E-state index >= 15 is 0 Å². The van der Waals surface area contributed by atoms with Gasteiger partial charge in [-0.2, -0.15) is 10.4 Å². The molecular weight excluding hydrogens is 424 g/mol. The summed E-state index contributed by atoms with van der Waals surface area (Å²) in [6.45, 7) is 1.98. The molecule has 3 saturated heterocycles. The number of H-pyrrole nitrogens is 1. The van der Waals surface area contributed by atoms with Crippen molar-refractivity contribution in [1.82, 2.24) is 25.1 Å². The van der Waals surface area contributed by atoms with E-state index in [4.69, 9.17) is 10.2 Å². The molecule has 0 spiro atoms. The summed E-state index contributed by atoms with van der Waals surface area (Å²) in [4.78, 5) is 12.3. The third-order valence-electron chi connectivity index (χ3n) is 8.67. The minimum Gasteiger partial charge on any atom is -0.367 e. The number of aryl methyl sites for hydroxylation is 1. The summed E-state index contributed by atoms with van der Waals surface area (Å²) in [6, 6.07) is 12.3. The third kappa shape index (κ3) is 3.17. The number of hydrogen-bond donors (Lipinski definition) is 3. The van der Waals surface area contributed by atoms with Gasteiger partial charge < -0.3 is 10.6 Å². The maximum atomic E-state index is 9.09. The minimum absolute atomic E-state index is 0.321. The highest BCUT2D eigenvalue weighted by Crippen LogP contribution is 2.61. The zero-order chi connectivity index (χ0) is 22.9. The van der Waals surface area contributed by atoms with Gasteiger partial charge in [0.1, 0.15) is 11.6 Å². The first-order valence-electron chi connectivity index (χ1n) is 12.6. The summed E-state index contributed by atoms with van der Waals surface area (Å²) < 4.78 is 0. The SMILES string of the molecule is Cc1cc(Nc2cc3ncccc3c(NC3C[C@@H]4CC5(CC6CC(C#N)C6)C[C@H](C3)N45)n2)n[nH]1. The highest BCUT2D eigenvalue weighted by atomic mass is 15.4. The fraction of sp³-hybridized carbons (Fsp3) is 0.538. The first kappa shape index (κ1) is 20.2. The Balaban J connectivity index is 1.06. The Morgan fingerprint density at radius 1 is 1.18 bits per heavy atom. The molecule has 3 aromatic rings. The average Bonchev–Trinajstić information content (AvgIpc) is 3.17. The molecule has 3 aromatic heterocycles. The average molecular weight is 455 g/mol. The highest BCUT2D eigenvalue weighted by Gasteiger charge is 2.65. The van der Waals surface area contributed by atoms with E-state index in [0.717, 1.165) is 52.8 Å². The van der Waals surface area contributed by atoms with E-state index in [1.807, 2.05) is 31.3 Å². The van der Waals surface area contributed by atoms with Gasteiger partial charge in [-0.05, 0) is 69.9 Å². The Morgan fingerprint density at radius 3 is 2.74 bits per heavy atom. The van der Waals surface area contributed by atoms with Crippen LogP contribution in [0.15, 0.2) is 30.5 Å². The van der Waals surface area contributed by atoms with Crippen LogP contribution in [0.1, 0.15) is 50.6 Å². The van der Waals surface area contributed by atoms with E-state index in [0.29, 0.717) is 29.6 Å². The van der Waals surface area contributed by atoms with E-state index in [1.54, 1.807) is 0 Å². The zero-order valence-corrected chi connectivity index (χ0v) is 19.5. The molecule has 6 heterocycles. The number of aromatic amines is 1. The molecule has 3 aliphatic heterocycles. The normalized spacial score (nSPS) is 33.7. The second-order valence-corrected chi connectivity index (χ2v) is 11.0. The number of nitriles is 1. The van der Waals surface area contributed by atoms with Gasteiger partial charge >= 0.3 is 0 Å². The lowest BCUT2D eigenvalue weighted by molar-refractivity contribution is -0.231. The molecule has 0 bridgehead atoms. The lowest BCUT2D eigenvalue weighted by Crippen LogP contribution is -2.81. The Kier molecular flexibility index (Phi) is 4.40. The Labute approximate surface area is 199 Å². The van der Waals surface area contributed by atoms with Gasteiger partial charge in [-0.3, -0.25) is 15.0 Å². The van der Waals surface area contributed by atoms with Gasteiger partial charge in [0.05, 0.1) is 11.6 Å². The smallest absolute Gasteiger partial charge is 0.153 e. The fourth-order valence-corrected chi connectivity index (χ4v) is 7.35. The van der Waals surface area contributed by atoms with Crippen molar-refractivity contribution in [2.75, 3.05) is 10.6 Å². The number of aromatic nitrogens is 4. The summed E-state index contributed by atoms with van der Waals surface area (Å²) in [5.41, 5.74) is 2.40. The van der Waals surface area contributed by atoms with Crippen molar-refractivity contribution < 1.29 is 0 Å². The molecule has 3 N–H and O–H groups in total. The Bertz CT molecular complexity index is 1270. The van der Waals surface area contributed by atoms with Gasteiger partial charge in [0.2, 0.25) is 0 Å². The molecule has 4 aliphatic rings. The second kappa shape index (κ2) is 7.41. The molecule has 8 nitrogen and oxygen atoms in total. The van der Waals surface area contributed by atoms with Crippen LogP contribution in [-0.4, -0.2) is 48.7 Å². The van der Waals surface area contributed by atoms with Crippen molar-refractivity contribution in [2.45, 2.75) is 75.5 Å². The number of pyridine rings is 2. The van der Waals surface area contributed by atoms with Crippen LogP contribution in [0.25, 0.3) is 10.9 Å². The van der Waals surface area contributed by atoms with E-state index in [1.165, 1.54) is 32.1 Å². The molecule has 2 unspecified atom stereocenters. The summed E-state index contributed by atoms with van der Waals surface area (Å²) in [7, 11) is 0. The second-order valence-electron chi connectivity index (χ2n) is 11.0. The van der Waals surface area contributed by atoms with Crippen LogP contribution in [0.2, 0.25) is 0 Å². The van der Waals surface area contributed by atoms with Crippen molar-refractivity contribution >= 4 is 28.4 Å². The molecule has 174 valence electrons. The van der Waals surface area contributed by atoms with Crippen molar-refractivity contribution in [3.63, 3.8) is 0 Å². The van der Waals surface area contributed by atoms with Crippen molar-refractivity contribution in [1.29, 1.82) is 5.26 Å². The number of hydrogen-bond acceptors (Lipinski definition) is 7. The summed E-state index contributed by atoms with van der Waals surface area (Å²) >= 11 is 0. The number of anilines is 3. The summed E-state index contributed by atoms with van der Waals surface area (Å²) in [5, 5.41) is 24.5. The summed E-state index contributed by atoms with van der Waals surface area (Å²) in [6.07, 6.45) is 10.4. The summed E-state index contributed by atoms with van der Waals surface area (Å²) in [5.74, 6) is 3.51. The number of piperidine rings is 2. The van der Waals surface area contributed by atoms with Crippen LogP contribution in [0.3, 0.4) is 0 Å². The van der Waals surface area contributed by atoms with Gasteiger partial charge in [0.15, 0.2) is 5.82 Å². The maximum absolute atomic E-state index is 9.09. The van der Waals surface area contributed by atoms with Crippen LogP contribution in [-0.2, 0) is 0 Å². The first-order chi connectivity index (χ1) is 16.6. The Hall–Kier alpha value is -3.18. The lowest BCUT2D eigenvalue weighted by atomic mass is 9.54. The van der Waals surface area contributed by atoms with Crippen molar-refractivity contribution in [3.05, 3.63) is 36.2 Å². The lowest BCUT2D eigenvalue weighted by Gasteiger charge is -2.74. The first-order valence-corrected chi connectivity index (χ1v) is 12.6. The van der Waals surface area contributed by atoms with Gasteiger partial charge in [-0.1, -0.05) is 0 Å². The number of rotatable bonds is 6. The largest absolute Gasteiger partial charge is 0.367 e. The Morgan fingerprint density at radius 2 is 2.00 bits per heavy atom. The van der Waals surface area contributed by atoms with Crippen molar-refractivity contribution in [2.24, 2.45) is 11.8 Å². The van der Waals surface area contributed by atoms with Gasteiger partial charge in [0, 0.05) is 59.0 Å². The minimum atomic E-state index is 0.321. The van der Waals surface area contributed by atoms with Crippen LogP contribution in [0.5, 0.6) is 0 Å². The van der Waals surface area contributed by atoms with Crippen molar-refractivity contribution in [3.8, 4) is 6.07 Å². The molecule has 1 saturated carbocycles. The molecule has 4 fully saturated rings. The van der Waals surface area contributed by atoms with Crippen LogP contribution in [0, 0.1) is 30.1 Å². The molecular formula is C26H30N8. The maximum Gasteiger partial charge on any atom is 0.153 e. The molecule has 0 aromatic carbocycles. The van der Waals surface area contributed by atoms with E-state index in [2.05, 4.69) is 42.9 Å². The van der Waals surface area contributed by atoms with E-state index < -0.39 is 0 Å². The number of nitrogens with one attached hydrogen (secondary N) is 3. The third-order valence-corrected chi connectivity index (χ3v) is 8.67. The van der Waals surface area contributed by atoms with E-state index in [9.17, 15) is 0 Å². The molecule has 0 amide bonds. The topological polar surface area (TPSA) is 106 Å². The van der Waals surface area contributed by atoms with Gasteiger partial charge in [-0.25, -0.2) is 4.98 Å². The molecule has 7 rings (SSSR count). The molecule has 8 heteroatoms. The molecule has 1 aliphatic carbocycles. The monoisotopic (exact) mass is 454 g/mol. The highest BCUT2D eigenvalue weighted by molar-refractivity contribution is 5.91. The number of fused-ring (bicyclic) bond motifs is 1. The van der Waals surface area contributed by atoms with E-state index in [-0.39, 0.29) is 0 Å². The molecule has 4 atom stereocenters. The zero-order valence-electron chi connectivity index (χ0n) is 19.5. The fourth-order valence-electron chi connectivity index (χ4n) is 7.35. The van der Waals surface area contributed by atoms with Gasteiger partial charge in [-0.15, -0.1) is 0 Å². The quantitative estimate of drug-likeness (QED) is 0.503. The predicted octanol–water partition coefficient (Wildman–Crippen LogP) is 4.50. The van der Waals surface area contributed by atoms with Gasteiger partial charge in [0.25, 0.3) is 0 Å². The predicted molar refractivity (Wildman–Crippen MR) is 131 cm³/mol. The molecule has 0 radical (unpaired) electrons. The van der Waals surface area contributed by atoms with Crippen LogP contribution in [0.4, 0.5) is 17.5 Å². The number of nitrogens with zero attached hydrogens (tertiary/aromatic N) is 5.